The lowest BCUT2D eigenvalue weighted by atomic mass is 10.0. The molecule has 202 valence electrons. The number of nitrogen functional groups attached to an aromatic ring is 1. The fraction of sp³-hybridized carbons (Fsp3) is 0.0714. The van der Waals surface area contributed by atoms with Crippen molar-refractivity contribution < 1.29 is 23.9 Å². The number of H-pyrrole nitrogens is 2. The number of aromatic carboxylic acids is 1. The molecule has 0 fully saturated rings. The number of rotatable bonds is 8. The molecule has 7 N–H and O–H groups in total. The number of nitrogens with zero attached hydrogens (tertiary/aromatic N) is 1. The molecule has 5 aromatic rings. The Hall–Kier alpha value is -5.16. The van der Waals surface area contributed by atoms with Crippen LogP contribution in [0.3, 0.4) is 0 Å². The van der Waals surface area contributed by atoms with E-state index in [0.29, 0.717) is 22.3 Å². The van der Waals surface area contributed by atoms with Crippen LogP contribution in [0.2, 0.25) is 5.02 Å². The SMILES string of the molecule is Nc1ccc(CC(NC(=O)c2cc(-c3cccc(Cl)c3F)n[nH]2)C(=O)Nc2ccc3[nH]c(C(=O)O)cc3c2)cc1. The van der Waals surface area contributed by atoms with Crippen LogP contribution >= 0.6 is 11.6 Å². The first kappa shape index (κ1) is 26.4. The van der Waals surface area contributed by atoms with Crippen molar-refractivity contribution in [3.8, 4) is 11.3 Å². The maximum atomic E-state index is 14.5. The average molecular weight is 561 g/mol. The minimum Gasteiger partial charge on any atom is -0.477 e. The van der Waals surface area contributed by atoms with Gasteiger partial charge in [-0.05, 0) is 60.2 Å². The number of hydrogen-bond acceptors (Lipinski definition) is 5. The standard InChI is InChI=1S/C28H22ClFN6O4/c29-19-3-1-2-18(25(19)30)21-13-23(36-35-21)27(38)34-22(10-14-4-6-16(31)7-5-14)26(37)32-17-8-9-20-15(11-17)12-24(33-20)28(39)40/h1-9,11-13,22,33H,10,31H2,(H,32,37)(H,34,38)(H,35,36)(H,39,40). The Morgan fingerprint density at radius 2 is 1.80 bits per heavy atom. The van der Waals surface area contributed by atoms with Crippen molar-refractivity contribution in [1.82, 2.24) is 20.5 Å². The first-order chi connectivity index (χ1) is 19.2. The topological polar surface area (TPSA) is 166 Å². The van der Waals surface area contributed by atoms with E-state index in [0.717, 1.165) is 5.56 Å². The minimum atomic E-state index is -1.10. The summed E-state index contributed by atoms with van der Waals surface area (Å²) in [6.07, 6.45) is 0.136. The summed E-state index contributed by atoms with van der Waals surface area (Å²) in [4.78, 5) is 40.5. The van der Waals surface area contributed by atoms with Crippen LogP contribution < -0.4 is 16.4 Å². The second-order valence-corrected chi connectivity index (χ2v) is 9.43. The minimum absolute atomic E-state index is 0.0134. The molecule has 0 aliphatic heterocycles. The van der Waals surface area contributed by atoms with E-state index in [4.69, 9.17) is 17.3 Å². The van der Waals surface area contributed by atoms with Crippen LogP contribution in [0.15, 0.2) is 72.8 Å². The number of carboxylic acids is 1. The number of anilines is 2. The van der Waals surface area contributed by atoms with Crippen molar-refractivity contribution in [2.75, 3.05) is 11.1 Å². The number of nitrogens with two attached hydrogens (primary N) is 1. The lowest BCUT2D eigenvalue weighted by molar-refractivity contribution is -0.118. The monoisotopic (exact) mass is 560 g/mol. The summed E-state index contributed by atoms with van der Waals surface area (Å²) in [7, 11) is 0. The molecule has 12 heteroatoms. The second kappa shape index (κ2) is 10.9. The molecule has 5 rings (SSSR count). The lowest BCUT2D eigenvalue weighted by Crippen LogP contribution is -2.45. The van der Waals surface area contributed by atoms with E-state index in [1.165, 1.54) is 24.3 Å². The van der Waals surface area contributed by atoms with E-state index in [9.17, 15) is 23.9 Å². The molecule has 0 radical (unpaired) electrons. The third-order valence-corrected chi connectivity index (χ3v) is 6.50. The van der Waals surface area contributed by atoms with Gasteiger partial charge in [0, 0.05) is 34.3 Å². The largest absolute Gasteiger partial charge is 0.477 e. The highest BCUT2D eigenvalue weighted by molar-refractivity contribution is 6.31. The molecule has 1 atom stereocenters. The molecule has 2 amide bonds. The molecule has 0 saturated carbocycles. The average Bonchev–Trinajstić information content (AvgIpc) is 3.59. The Kier molecular flexibility index (Phi) is 7.21. The summed E-state index contributed by atoms with van der Waals surface area (Å²) in [6, 6.07) is 18.0. The summed E-state index contributed by atoms with van der Waals surface area (Å²) >= 11 is 5.86. The van der Waals surface area contributed by atoms with Gasteiger partial charge in [0.1, 0.15) is 17.4 Å². The summed E-state index contributed by atoms with van der Waals surface area (Å²) in [6.45, 7) is 0. The van der Waals surface area contributed by atoms with E-state index in [1.54, 1.807) is 48.5 Å². The fourth-order valence-corrected chi connectivity index (χ4v) is 4.34. The van der Waals surface area contributed by atoms with Gasteiger partial charge >= 0.3 is 5.97 Å². The fourth-order valence-electron chi connectivity index (χ4n) is 4.17. The van der Waals surface area contributed by atoms with Gasteiger partial charge in [-0.25, -0.2) is 9.18 Å². The predicted molar refractivity (Wildman–Crippen MR) is 149 cm³/mol. The van der Waals surface area contributed by atoms with Crippen molar-refractivity contribution in [2.45, 2.75) is 12.5 Å². The van der Waals surface area contributed by atoms with Gasteiger partial charge in [0.05, 0.1) is 10.7 Å². The molecular weight excluding hydrogens is 539 g/mol. The molecule has 2 aromatic heterocycles. The van der Waals surface area contributed by atoms with Gasteiger partial charge in [-0.2, -0.15) is 5.10 Å². The number of aromatic amines is 2. The molecule has 0 spiro atoms. The number of carbonyl (C=O) groups is 3. The van der Waals surface area contributed by atoms with Gasteiger partial charge in [0.2, 0.25) is 5.91 Å². The number of carboxylic acid groups (broad SMARTS) is 1. The Balaban J connectivity index is 1.38. The Labute approximate surface area is 231 Å². The maximum absolute atomic E-state index is 14.5. The number of amides is 2. The highest BCUT2D eigenvalue weighted by atomic mass is 35.5. The number of benzene rings is 3. The number of nitrogens with one attached hydrogen (secondary N) is 4. The van der Waals surface area contributed by atoms with Gasteiger partial charge in [-0.15, -0.1) is 0 Å². The van der Waals surface area contributed by atoms with Crippen LogP contribution in [0, 0.1) is 5.82 Å². The molecule has 40 heavy (non-hydrogen) atoms. The van der Waals surface area contributed by atoms with Gasteiger partial charge in [0.25, 0.3) is 5.91 Å². The van der Waals surface area contributed by atoms with Crippen molar-refractivity contribution in [3.05, 3.63) is 101 Å². The van der Waals surface area contributed by atoms with Crippen molar-refractivity contribution in [3.63, 3.8) is 0 Å². The highest BCUT2D eigenvalue weighted by Gasteiger charge is 2.24. The van der Waals surface area contributed by atoms with E-state index in [2.05, 4.69) is 25.8 Å². The molecule has 0 saturated heterocycles. The number of aromatic nitrogens is 3. The van der Waals surface area contributed by atoms with E-state index < -0.39 is 29.6 Å². The maximum Gasteiger partial charge on any atom is 0.352 e. The van der Waals surface area contributed by atoms with Crippen LogP contribution in [0.4, 0.5) is 15.8 Å². The van der Waals surface area contributed by atoms with Crippen molar-refractivity contribution in [2.24, 2.45) is 0 Å². The lowest BCUT2D eigenvalue weighted by Gasteiger charge is -2.18. The van der Waals surface area contributed by atoms with Gasteiger partial charge in [-0.3, -0.25) is 14.7 Å². The smallest absolute Gasteiger partial charge is 0.352 e. The van der Waals surface area contributed by atoms with Crippen LogP contribution in [-0.4, -0.2) is 44.1 Å². The van der Waals surface area contributed by atoms with Crippen molar-refractivity contribution >= 4 is 51.7 Å². The van der Waals surface area contributed by atoms with Crippen LogP contribution in [0.1, 0.15) is 26.5 Å². The quantitative estimate of drug-likeness (QED) is 0.152. The Morgan fingerprint density at radius 3 is 2.55 bits per heavy atom. The van der Waals surface area contributed by atoms with Crippen LogP contribution in [0.5, 0.6) is 0 Å². The second-order valence-electron chi connectivity index (χ2n) is 9.02. The molecule has 0 aliphatic carbocycles. The zero-order valence-corrected chi connectivity index (χ0v) is 21.4. The first-order valence-electron chi connectivity index (χ1n) is 12.0. The summed E-state index contributed by atoms with van der Waals surface area (Å²) in [5.41, 5.74) is 8.39. The third-order valence-electron chi connectivity index (χ3n) is 6.21. The highest BCUT2D eigenvalue weighted by Crippen LogP contribution is 2.26. The number of hydrogen-bond donors (Lipinski definition) is 6. The molecule has 1 unspecified atom stereocenters. The molecular formula is C28H22ClFN6O4. The van der Waals surface area contributed by atoms with Crippen LogP contribution in [0.25, 0.3) is 22.2 Å². The number of carbonyl (C=O) groups excluding carboxylic acids is 2. The van der Waals surface area contributed by atoms with Gasteiger partial charge in [0.15, 0.2) is 5.82 Å². The zero-order valence-electron chi connectivity index (χ0n) is 20.7. The van der Waals surface area contributed by atoms with E-state index in [1.807, 2.05) is 0 Å². The summed E-state index contributed by atoms with van der Waals surface area (Å²) in [5, 5.41) is 21.8. The van der Waals surface area contributed by atoms with Crippen molar-refractivity contribution in [1.29, 1.82) is 0 Å². The summed E-state index contributed by atoms with van der Waals surface area (Å²) < 4.78 is 14.5. The summed E-state index contributed by atoms with van der Waals surface area (Å²) in [5.74, 6) is -2.92. The Morgan fingerprint density at radius 1 is 1.02 bits per heavy atom. The van der Waals surface area contributed by atoms with E-state index in [-0.39, 0.29) is 34.1 Å². The molecule has 3 aromatic carbocycles. The molecule has 2 heterocycles. The third kappa shape index (κ3) is 5.64. The number of fused-ring (bicyclic) bond motifs is 1. The van der Waals surface area contributed by atoms with Gasteiger partial charge in [-0.1, -0.05) is 29.8 Å². The zero-order chi connectivity index (χ0) is 28.4. The molecule has 0 aliphatic rings. The van der Waals surface area contributed by atoms with Gasteiger partial charge < -0.3 is 26.5 Å². The van der Waals surface area contributed by atoms with Crippen LogP contribution in [-0.2, 0) is 11.2 Å². The normalized spacial score (nSPS) is 11.8. The first-order valence-corrected chi connectivity index (χ1v) is 12.4. The number of halogens is 2. The van der Waals surface area contributed by atoms with E-state index >= 15 is 0 Å². The molecule has 0 bridgehead atoms. The predicted octanol–water partition coefficient (Wildman–Crippen LogP) is 4.61. The Bertz CT molecular complexity index is 1750. The molecule has 10 nitrogen and oxygen atoms in total.